The van der Waals surface area contributed by atoms with E-state index >= 15 is 0 Å². The fraction of sp³-hybridized carbons (Fsp3) is 0.0294. The van der Waals surface area contributed by atoms with E-state index in [1.165, 1.54) is 105 Å². The fourth-order valence-electron chi connectivity index (χ4n) is 13.2. The summed E-state index contributed by atoms with van der Waals surface area (Å²) in [4.78, 5) is 2.52. The highest BCUT2D eigenvalue weighted by atomic mass is 15.1. The molecule has 0 saturated heterocycles. The van der Waals surface area contributed by atoms with Gasteiger partial charge in [0.25, 0.3) is 0 Å². The van der Waals surface area contributed by atoms with Gasteiger partial charge in [0, 0.05) is 27.7 Å². The van der Waals surface area contributed by atoms with Crippen LogP contribution in [-0.2, 0) is 10.8 Å². The number of hydrogen-bond acceptors (Lipinski definition) is 1. The van der Waals surface area contributed by atoms with Crippen molar-refractivity contribution in [3.63, 3.8) is 0 Å². The second-order valence-electron chi connectivity index (χ2n) is 19.1. The summed E-state index contributed by atoms with van der Waals surface area (Å²) in [6, 6.07) is 99.7. The number of nitrogens with zero attached hydrogens (tertiary/aromatic N) is 2. The quantitative estimate of drug-likeness (QED) is 0.161. The molecule has 1 aliphatic heterocycles. The van der Waals surface area contributed by atoms with Gasteiger partial charge >= 0.3 is 0 Å². The third-order valence-electron chi connectivity index (χ3n) is 15.9. The molecule has 2 aliphatic carbocycles. The predicted octanol–water partition coefficient (Wildman–Crippen LogP) is 17.0. The molecule has 326 valence electrons. The van der Waals surface area contributed by atoms with Gasteiger partial charge in [-0.05, 0) is 115 Å². The summed E-state index contributed by atoms with van der Waals surface area (Å²) < 4.78 is 2.55. The third kappa shape index (κ3) is 5.07. The van der Waals surface area contributed by atoms with Gasteiger partial charge in [-0.1, -0.05) is 224 Å². The van der Waals surface area contributed by atoms with Crippen LogP contribution in [0.4, 0.5) is 17.1 Å². The van der Waals surface area contributed by atoms with Gasteiger partial charge in [0.15, 0.2) is 0 Å². The molecule has 15 rings (SSSR count). The second kappa shape index (κ2) is 14.8. The van der Waals surface area contributed by atoms with Gasteiger partial charge in [-0.2, -0.15) is 0 Å². The zero-order chi connectivity index (χ0) is 46.0. The molecule has 0 amide bonds. The van der Waals surface area contributed by atoms with Crippen LogP contribution in [0.2, 0.25) is 0 Å². The lowest BCUT2D eigenvalue weighted by Crippen LogP contribution is -2.33. The topological polar surface area (TPSA) is 8.17 Å². The van der Waals surface area contributed by atoms with Crippen molar-refractivity contribution in [2.75, 3.05) is 4.90 Å². The lowest BCUT2D eigenvalue weighted by atomic mass is 9.65. The largest absolute Gasteiger partial charge is 0.310 e. The average Bonchev–Trinajstić information content (AvgIpc) is 4.05. The summed E-state index contributed by atoms with van der Waals surface area (Å²) in [6.45, 7) is 0. The van der Waals surface area contributed by atoms with E-state index in [1.807, 2.05) is 0 Å². The summed E-state index contributed by atoms with van der Waals surface area (Å²) in [5.41, 5.74) is 23.9. The molecule has 11 aromatic carbocycles. The number of rotatable bonds is 6. The van der Waals surface area contributed by atoms with Crippen molar-refractivity contribution in [2.45, 2.75) is 10.8 Å². The van der Waals surface area contributed by atoms with E-state index in [2.05, 4.69) is 276 Å². The summed E-state index contributed by atoms with van der Waals surface area (Å²) in [5, 5.41) is 2.47. The molecule has 0 N–H and O–H groups in total. The molecule has 2 heterocycles. The zero-order valence-electron chi connectivity index (χ0n) is 38.3. The molecule has 12 aromatic rings. The Hall–Kier alpha value is -8.98. The van der Waals surface area contributed by atoms with Crippen molar-refractivity contribution in [2.24, 2.45) is 0 Å². The first-order chi connectivity index (χ1) is 34.8. The Bertz CT molecular complexity index is 3970. The van der Waals surface area contributed by atoms with Gasteiger partial charge in [-0.15, -0.1) is 0 Å². The maximum Gasteiger partial charge on any atom is 0.0754 e. The summed E-state index contributed by atoms with van der Waals surface area (Å²) in [7, 11) is 0. The third-order valence-corrected chi connectivity index (χ3v) is 15.9. The van der Waals surface area contributed by atoms with Crippen molar-refractivity contribution in [1.82, 2.24) is 4.57 Å². The number of benzene rings is 11. The van der Waals surface area contributed by atoms with Gasteiger partial charge in [0.1, 0.15) is 0 Å². The van der Waals surface area contributed by atoms with Gasteiger partial charge in [0.2, 0.25) is 0 Å². The summed E-state index contributed by atoms with van der Waals surface area (Å²) >= 11 is 0. The lowest BCUT2D eigenvalue weighted by Gasteiger charge is -2.39. The van der Waals surface area contributed by atoms with Crippen LogP contribution in [0.3, 0.4) is 0 Å². The Kier molecular flexibility index (Phi) is 8.24. The molecule has 0 fully saturated rings. The molecule has 0 bridgehead atoms. The second-order valence-corrected chi connectivity index (χ2v) is 19.1. The molecular weight excluding hydrogens is 845 g/mol. The summed E-state index contributed by atoms with van der Waals surface area (Å²) in [5.74, 6) is 0. The highest BCUT2D eigenvalue weighted by molar-refractivity contribution is 6.14. The molecule has 2 heteroatoms. The Morgan fingerprint density at radius 2 is 0.814 bits per heavy atom. The number of para-hydroxylation sites is 2. The SMILES string of the molecule is c1ccc(-c2ccc(N(c3ccc4c(c3)c3cccc5c3n4-c3ccccc3C53c4ccccc4-c4ccccc43)c3cccc4c3-c3ccccc3C4(c3ccccc3)c3ccccc3)cc2)cc1. The fourth-order valence-corrected chi connectivity index (χ4v) is 13.2. The van der Waals surface area contributed by atoms with Gasteiger partial charge in [0.05, 0.1) is 33.2 Å². The molecular formula is C68H44N2. The minimum atomic E-state index is -0.531. The molecule has 1 aromatic heterocycles. The lowest BCUT2D eigenvalue weighted by molar-refractivity contribution is 0.748. The van der Waals surface area contributed by atoms with Crippen LogP contribution in [-0.4, -0.2) is 4.57 Å². The van der Waals surface area contributed by atoms with Crippen LogP contribution in [0.5, 0.6) is 0 Å². The van der Waals surface area contributed by atoms with Crippen molar-refractivity contribution >= 4 is 38.9 Å². The molecule has 2 nitrogen and oxygen atoms in total. The number of fused-ring (bicyclic) bond motifs is 15. The molecule has 70 heavy (non-hydrogen) atoms. The van der Waals surface area contributed by atoms with Crippen molar-refractivity contribution < 1.29 is 0 Å². The van der Waals surface area contributed by atoms with Crippen molar-refractivity contribution in [1.29, 1.82) is 0 Å². The van der Waals surface area contributed by atoms with Crippen LogP contribution in [0.15, 0.2) is 267 Å². The van der Waals surface area contributed by atoms with Crippen LogP contribution >= 0.6 is 0 Å². The first-order valence-corrected chi connectivity index (χ1v) is 24.4. The van der Waals surface area contributed by atoms with E-state index in [0.29, 0.717) is 0 Å². The normalized spacial score (nSPS) is 13.9. The molecule has 0 radical (unpaired) electrons. The smallest absolute Gasteiger partial charge is 0.0754 e. The molecule has 0 unspecified atom stereocenters. The maximum absolute atomic E-state index is 2.55. The van der Waals surface area contributed by atoms with E-state index in [4.69, 9.17) is 0 Å². The van der Waals surface area contributed by atoms with Gasteiger partial charge in [-0.25, -0.2) is 0 Å². The highest BCUT2D eigenvalue weighted by Crippen LogP contribution is 2.62. The summed E-state index contributed by atoms with van der Waals surface area (Å²) in [6.07, 6.45) is 0. The van der Waals surface area contributed by atoms with Gasteiger partial charge in [-0.3, -0.25) is 0 Å². The minimum Gasteiger partial charge on any atom is -0.310 e. The monoisotopic (exact) mass is 888 g/mol. The van der Waals surface area contributed by atoms with E-state index in [1.54, 1.807) is 0 Å². The Labute approximate surface area is 407 Å². The zero-order valence-corrected chi connectivity index (χ0v) is 38.3. The molecule has 3 aliphatic rings. The van der Waals surface area contributed by atoms with E-state index in [-0.39, 0.29) is 0 Å². The van der Waals surface area contributed by atoms with Crippen LogP contribution in [0, 0.1) is 0 Å². The van der Waals surface area contributed by atoms with Crippen LogP contribution in [0.25, 0.3) is 60.9 Å². The van der Waals surface area contributed by atoms with E-state index in [9.17, 15) is 0 Å². The number of hydrogen-bond donors (Lipinski definition) is 0. The number of aromatic nitrogens is 1. The highest BCUT2D eigenvalue weighted by Gasteiger charge is 2.51. The Morgan fingerprint density at radius 1 is 0.314 bits per heavy atom. The predicted molar refractivity (Wildman–Crippen MR) is 289 cm³/mol. The number of anilines is 3. The first kappa shape index (κ1) is 39.1. The average molecular weight is 889 g/mol. The standard InChI is InChI=1S/C68H44N2/c1-4-20-45(21-5-1)46-38-40-49(41-39-46)69(64-37-19-34-60-65(64)54-28-12-15-32-58(54)67(60,47-22-6-2-7-23-47)48-24-8-3-9-25-48)50-42-43-62-55(44-50)53-29-18-35-61-66(53)70(62)63-36-17-16-33-59(63)68(61)56-30-13-10-26-51(56)52-27-11-14-31-57(52)68/h1-44H. The van der Waals surface area contributed by atoms with Crippen molar-refractivity contribution in [3.8, 4) is 39.1 Å². The van der Waals surface area contributed by atoms with Crippen LogP contribution < -0.4 is 4.90 Å². The van der Waals surface area contributed by atoms with E-state index < -0.39 is 10.8 Å². The molecule has 1 spiro atoms. The Balaban J connectivity index is 1.01. The van der Waals surface area contributed by atoms with Gasteiger partial charge < -0.3 is 9.47 Å². The van der Waals surface area contributed by atoms with Crippen LogP contribution in [0.1, 0.15) is 44.5 Å². The first-order valence-electron chi connectivity index (χ1n) is 24.4. The van der Waals surface area contributed by atoms with E-state index in [0.717, 1.165) is 17.1 Å². The molecule has 0 atom stereocenters. The Morgan fingerprint density at radius 3 is 1.49 bits per heavy atom. The minimum absolute atomic E-state index is 0.467. The maximum atomic E-state index is 2.55. The van der Waals surface area contributed by atoms with Crippen molar-refractivity contribution in [3.05, 3.63) is 311 Å². The molecule has 0 saturated carbocycles.